The van der Waals surface area contributed by atoms with Gasteiger partial charge in [0.2, 0.25) is 35.4 Å². The standard InChI is InChI=1S/C68H96N8O9.2ClH/c1-13-14-21-40(2)30-56(77)47-35-48(57(78)33-43-31-54(63(82)71-52-28-19-24-45-22-15-17-26-50(45)52)75(38-43)65(84)59(67(5,6)7)73-61(80)41(3)69-11)37-49(36-47)58(79)34-44-32-55(64(83)72-53-29-20-25-46-23-16-18-27-51(46)53)76(39-44)66(85)60(68(8,9)10)74-62(81)42(4)70-12;;/h15-18,22-23,26-27,35-37,40-44,52-55,59-60,69-70H,13-14,19-21,24-25,28-34,38-39H2,1-12H3,(H,71,82)(H,72,83)(H,73,80)(H,74,81);2*1H/t40-,41-,42-,43+,44+,52+,53+,54-,55-,59+,60+;;/m0../s1. The molecule has 0 bridgehead atoms. The van der Waals surface area contributed by atoms with E-state index in [1.165, 1.54) is 15.9 Å². The van der Waals surface area contributed by atoms with Gasteiger partial charge in [0.25, 0.3) is 0 Å². The fourth-order valence-corrected chi connectivity index (χ4v) is 12.9. The third-order valence-corrected chi connectivity index (χ3v) is 18.2. The molecule has 478 valence electrons. The van der Waals surface area contributed by atoms with Crippen molar-refractivity contribution in [1.82, 2.24) is 41.7 Å². The first kappa shape index (κ1) is 71.7. The molecule has 87 heavy (non-hydrogen) atoms. The highest BCUT2D eigenvalue weighted by Gasteiger charge is 2.48. The molecule has 0 radical (unpaired) electrons. The number of benzene rings is 3. The molecule has 0 saturated carbocycles. The number of amides is 6. The molecule has 0 spiro atoms. The number of hydrogen-bond acceptors (Lipinski definition) is 11. The maximum atomic E-state index is 15.0. The predicted molar refractivity (Wildman–Crippen MR) is 344 cm³/mol. The van der Waals surface area contributed by atoms with Crippen LogP contribution in [-0.4, -0.2) is 126 Å². The summed E-state index contributed by atoms with van der Waals surface area (Å²) in [5.41, 5.74) is 3.37. The summed E-state index contributed by atoms with van der Waals surface area (Å²) in [4.78, 5) is 133. The number of unbranched alkanes of at least 4 members (excludes halogenated alkanes) is 1. The molecule has 0 unspecified atom stereocenters. The summed E-state index contributed by atoms with van der Waals surface area (Å²) in [6, 6.07) is 15.0. The lowest BCUT2D eigenvalue weighted by Gasteiger charge is -2.36. The van der Waals surface area contributed by atoms with Crippen molar-refractivity contribution in [3.8, 4) is 0 Å². The number of hydrogen-bond donors (Lipinski definition) is 6. The van der Waals surface area contributed by atoms with Crippen LogP contribution >= 0.6 is 24.8 Å². The van der Waals surface area contributed by atoms with Gasteiger partial charge < -0.3 is 41.7 Å². The Morgan fingerprint density at radius 1 is 0.563 bits per heavy atom. The molecule has 2 aliphatic heterocycles. The summed E-state index contributed by atoms with van der Waals surface area (Å²) in [6.45, 7) is 18.7. The van der Waals surface area contributed by atoms with Gasteiger partial charge in [-0.05, 0) is 148 Å². The van der Waals surface area contributed by atoms with Crippen molar-refractivity contribution in [2.75, 3.05) is 27.2 Å². The lowest BCUT2D eigenvalue weighted by Crippen LogP contribution is -2.59. The van der Waals surface area contributed by atoms with Crippen molar-refractivity contribution in [2.24, 2.45) is 28.6 Å². The van der Waals surface area contributed by atoms with Crippen LogP contribution < -0.4 is 31.9 Å². The van der Waals surface area contributed by atoms with E-state index in [-0.39, 0.29) is 146 Å². The van der Waals surface area contributed by atoms with Crippen LogP contribution in [0.5, 0.6) is 0 Å². The van der Waals surface area contributed by atoms with Crippen molar-refractivity contribution in [3.63, 3.8) is 0 Å². The lowest BCUT2D eigenvalue weighted by molar-refractivity contribution is -0.144. The third kappa shape index (κ3) is 18.1. The molecule has 7 rings (SSSR count). The van der Waals surface area contributed by atoms with Gasteiger partial charge in [0.05, 0.1) is 24.2 Å². The Morgan fingerprint density at radius 2 is 0.943 bits per heavy atom. The minimum absolute atomic E-state index is 0. The van der Waals surface area contributed by atoms with Crippen LogP contribution in [0.1, 0.15) is 212 Å². The largest absolute Gasteiger partial charge is 0.347 e. The third-order valence-electron chi connectivity index (χ3n) is 18.2. The van der Waals surface area contributed by atoms with E-state index < -0.39 is 70.7 Å². The van der Waals surface area contributed by atoms with Crippen molar-refractivity contribution >= 4 is 77.6 Å². The molecule has 3 aromatic carbocycles. The number of nitrogens with one attached hydrogen (secondary N) is 6. The van der Waals surface area contributed by atoms with E-state index in [0.717, 1.165) is 80.0 Å². The molecule has 19 heteroatoms. The Morgan fingerprint density at radius 3 is 1.31 bits per heavy atom. The number of likely N-dealkylation sites (N-methyl/N-ethyl adjacent to an activating group) is 2. The highest BCUT2D eigenvalue weighted by molar-refractivity contribution is 6.06. The number of Topliss-reactive ketones (excluding diaryl/α,β-unsaturated/α-hetero) is 3. The van der Waals surface area contributed by atoms with E-state index >= 15 is 0 Å². The highest BCUT2D eigenvalue weighted by Crippen LogP contribution is 2.37. The monoisotopic (exact) mass is 1240 g/mol. The average molecular weight is 1240 g/mol. The second kappa shape index (κ2) is 31.4. The molecule has 11 atom stereocenters. The van der Waals surface area contributed by atoms with Crippen LogP contribution in [0.2, 0.25) is 0 Å². The van der Waals surface area contributed by atoms with E-state index in [9.17, 15) is 43.2 Å². The Bertz CT molecular complexity index is 2780. The van der Waals surface area contributed by atoms with Crippen molar-refractivity contribution in [2.45, 2.75) is 207 Å². The quantitative estimate of drug-likeness (QED) is 0.0463. The summed E-state index contributed by atoms with van der Waals surface area (Å²) >= 11 is 0. The normalized spacial score (nSPS) is 21.7. The average Bonchev–Trinajstić information content (AvgIpc) is 2.00. The van der Waals surface area contributed by atoms with Gasteiger partial charge in [-0.15, -0.1) is 24.8 Å². The maximum Gasteiger partial charge on any atom is 0.246 e. The molecular formula is C68H98Cl2N8O9. The Labute approximate surface area is 528 Å². The van der Waals surface area contributed by atoms with Gasteiger partial charge in [0, 0.05) is 49.0 Å². The molecule has 2 saturated heterocycles. The molecular weight excluding hydrogens is 1140 g/mol. The highest BCUT2D eigenvalue weighted by atomic mass is 35.5. The van der Waals surface area contributed by atoms with Gasteiger partial charge in [-0.3, -0.25) is 43.2 Å². The number of aryl methyl sites for hydroxylation is 2. The first-order valence-corrected chi connectivity index (χ1v) is 31.3. The number of carbonyl (C=O) groups is 9. The smallest absolute Gasteiger partial charge is 0.246 e. The van der Waals surface area contributed by atoms with Crippen LogP contribution in [0.3, 0.4) is 0 Å². The van der Waals surface area contributed by atoms with Crippen molar-refractivity contribution in [1.29, 1.82) is 0 Å². The molecule has 3 aromatic rings. The summed E-state index contributed by atoms with van der Waals surface area (Å²) in [7, 11) is 3.31. The van der Waals surface area contributed by atoms with Gasteiger partial charge in [-0.2, -0.15) is 0 Å². The molecule has 2 aliphatic carbocycles. The molecule has 6 N–H and O–H groups in total. The number of ketones is 3. The van der Waals surface area contributed by atoms with Crippen LogP contribution in [0.15, 0.2) is 66.7 Å². The Balaban J connectivity index is 0.00000690. The second-order valence-electron chi connectivity index (χ2n) is 27.1. The van der Waals surface area contributed by atoms with E-state index in [0.29, 0.717) is 0 Å². The van der Waals surface area contributed by atoms with Gasteiger partial charge >= 0.3 is 0 Å². The lowest BCUT2D eigenvalue weighted by atomic mass is 9.85. The van der Waals surface area contributed by atoms with Gasteiger partial charge in [0.1, 0.15) is 24.2 Å². The van der Waals surface area contributed by atoms with Crippen LogP contribution in [-0.2, 0) is 41.6 Å². The number of halogens is 2. The Hall–Kier alpha value is -6.01. The molecule has 4 aliphatic rings. The summed E-state index contributed by atoms with van der Waals surface area (Å²) in [5.74, 6) is -4.25. The second-order valence-corrected chi connectivity index (χ2v) is 27.1. The molecule has 6 amide bonds. The molecule has 2 fully saturated rings. The number of rotatable bonds is 24. The first-order valence-electron chi connectivity index (χ1n) is 31.3. The van der Waals surface area contributed by atoms with E-state index in [1.807, 2.05) is 84.9 Å². The summed E-state index contributed by atoms with van der Waals surface area (Å²) in [5, 5.41) is 18.3. The van der Waals surface area contributed by atoms with E-state index in [1.54, 1.807) is 40.1 Å². The minimum Gasteiger partial charge on any atom is -0.347 e. The minimum atomic E-state index is -1.01. The topological polar surface area (TPSA) is 232 Å². The fourth-order valence-electron chi connectivity index (χ4n) is 12.9. The molecule has 17 nitrogen and oxygen atoms in total. The summed E-state index contributed by atoms with van der Waals surface area (Å²) in [6.07, 6.45) is 8.00. The van der Waals surface area contributed by atoms with Gasteiger partial charge in [-0.1, -0.05) is 123 Å². The van der Waals surface area contributed by atoms with Crippen molar-refractivity contribution < 1.29 is 43.2 Å². The molecule has 0 aromatic heterocycles. The molecule has 2 heterocycles. The van der Waals surface area contributed by atoms with E-state index in [4.69, 9.17) is 0 Å². The number of carbonyl (C=O) groups excluding carboxylic acids is 9. The van der Waals surface area contributed by atoms with Gasteiger partial charge in [-0.25, -0.2) is 0 Å². The number of likely N-dealkylation sites (tertiary alicyclic amines) is 2. The Kier molecular flexibility index (Phi) is 25.9. The van der Waals surface area contributed by atoms with Crippen LogP contribution in [0.4, 0.5) is 0 Å². The number of fused-ring (bicyclic) bond motifs is 2. The first-order chi connectivity index (χ1) is 40.2. The fraction of sp³-hybridized carbons (Fsp3) is 0.603. The zero-order valence-electron chi connectivity index (χ0n) is 53.4. The van der Waals surface area contributed by atoms with E-state index in [2.05, 4.69) is 51.0 Å². The zero-order chi connectivity index (χ0) is 62.1. The van der Waals surface area contributed by atoms with Crippen molar-refractivity contribution in [3.05, 3.63) is 106 Å². The maximum absolute atomic E-state index is 15.0. The number of nitrogens with zero attached hydrogens (tertiary/aromatic N) is 2. The zero-order valence-corrected chi connectivity index (χ0v) is 55.0. The van der Waals surface area contributed by atoms with Crippen LogP contribution in [0, 0.1) is 28.6 Å². The SMILES string of the molecule is CCCC[C@H](C)CC(=O)c1cc(C(=O)C[C@H]2C[C@@H](C(=O)N[C@@H]3CCCc4ccccc43)N(C(=O)[C@@H](NC(=O)[C@H](C)NC)C(C)(C)C)C2)cc(C(=O)C[C@H]2C[C@@H](C(=O)N[C@@H]3CCCc4ccccc43)N(C(=O)[C@@H](NC(=O)[C@H](C)NC)C(C)(C)C)C2)c1.Cl.Cl. The predicted octanol–water partition coefficient (Wildman–Crippen LogP) is 9.17. The van der Waals surface area contributed by atoms with Crippen LogP contribution in [0.25, 0.3) is 0 Å². The summed E-state index contributed by atoms with van der Waals surface area (Å²) < 4.78 is 0. The van der Waals surface area contributed by atoms with Gasteiger partial charge in [0.15, 0.2) is 17.3 Å².